The Labute approximate surface area is 415 Å². The van der Waals surface area contributed by atoms with Gasteiger partial charge in [0.1, 0.15) is 0 Å². The summed E-state index contributed by atoms with van der Waals surface area (Å²) in [6.07, 6.45) is 0. The maximum Gasteiger partial charge on any atom is 0.0619 e. The minimum Gasteiger partial charge on any atom is -0.310 e. The summed E-state index contributed by atoms with van der Waals surface area (Å²) in [4.78, 5) is 9.35. The molecule has 0 saturated carbocycles. The van der Waals surface area contributed by atoms with E-state index in [1.165, 1.54) is 11.1 Å². The van der Waals surface area contributed by atoms with E-state index in [-0.39, 0.29) is 0 Å². The number of rotatable bonds is 11. The lowest BCUT2D eigenvalue weighted by atomic mass is 9.90. The van der Waals surface area contributed by atoms with Crippen LogP contribution in [0, 0.1) is 13.8 Å². The molecule has 0 aliphatic rings. The number of fused-ring (bicyclic) bond motifs is 3. The minimum absolute atomic E-state index is 1.02. The van der Waals surface area contributed by atoms with Crippen molar-refractivity contribution in [3.8, 4) is 50.2 Å². The highest BCUT2D eigenvalue weighted by Gasteiger charge is 2.24. The second-order valence-electron chi connectivity index (χ2n) is 18.1. The van der Waals surface area contributed by atoms with Gasteiger partial charge in [0, 0.05) is 67.4 Å². The Bertz CT molecular complexity index is 3500. The molecule has 0 N–H and O–H groups in total. The first-order valence-corrected chi connectivity index (χ1v) is 24.3. The molecule has 2 aromatic heterocycles. The highest BCUT2D eigenvalue weighted by atomic mass is 15.1. The zero-order valence-electron chi connectivity index (χ0n) is 39.7. The first kappa shape index (κ1) is 43.1. The van der Waals surface area contributed by atoms with E-state index in [9.17, 15) is 0 Å². The molecule has 71 heavy (non-hydrogen) atoms. The van der Waals surface area contributed by atoms with Crippen LogP contribution in [0.4, 0.5) is 34.1 Å². The highest BCUT2D eigenvalue weighted by Crippen LogP contribution is 2.47. The van der Waals surface area contributed by atoms with Crippen molar-refractivity contribution < 1.29 is 0 Å². The molecule has 0 bridgehead atoms. The van der Waals surface area contributed by atoms with Gasteiger partial charge in [0.15, 0.2) is 0 Å². The third-order valence-corrected chi connectivity index (χ3v) is 13.4. The lowest BCUT2D eigenvalue weighted by molar-refractivity contribution is 1.12. The maximum atomic E-state index is 4.64. The molecule has 0 aliphatic heterocycles. The van der Waals surface area contributed by atoms with E-state index >= 15 is 0 Å². The Morgan fingerprint density at radius 2 is 0.606 bits per heavy atom. The monoisotopic (exact) mass is 910 g/mol. The Kier molecular flexibility index (Phi) is 11.3. The van der Waals surface area contributed by atoms with E-state index in [2.05, 4.69) is 300 Å². The number of aromatic nitrogens is 2. The van der Waals surface area contributed by atoms with Gasteiger partial charge in [0.25, 0.3) is 0 Å². The van der Waals surface area contributed by atoms with Gasteiger partial charge in [-0.05, 0) is 156 Å². The minimum atomic E-state index is 1.02. The zero-order valence-corrected chi connectivity index (χ0v) is 39.7. The van der Waals surface area contributed by atoms with E-state index in [1.54, 1.807) is 0 Å². The van der Waals surface area contributed by atoms with Gasteiger partial charge in [-0.15, -0.1) is 0 Å². The number of anilines is 6. The normalized spacial score (nSPS) is 11.2. The van der Waals surface area contributed by atoms with Crippen LogP contribution >= 0.6 is 0 Å². The van der Waals surface area contributed by atoms with Crippen molar-refractivity contribution in [2.45, 2.75) is 13.8 Å². The molecule has 0 saturated heterocycles. The van der Waals surface area contributed by atoms with Crippen molar-refractivity contribution in [3.05, 3.63) is 278 Å². The lowest BCUT2D eigenvalue weighted by Gasteiger charge is -2.26. The lowest BCUT2D eigenvalue weighted by Crippen LogP contribution is -2.09. The molecule has 4 heteroatoms. The van der Waals surface area contributed by atoms with Crippen LogP contribution in [-0.2, 0) is 0 Å². The fraction of sp³-hybridized carbons (Fsp3) is 0.0299. The van der Waals surface area contributed by atoms with Gasteiger partial charge >= 0.3 is 0 Å². The van der Waals surface area contributed by atoms with Crippen LogP contribution in [0.1, 0.15) is 11.4 Å². The molecule has 0 fully saturated rings. The molecule has 0 atom stereocenters. The average Bonchev–Trinajstić information content (AvgIpc) is 3.75. The molecule has 2 heterocycles. The highest BCUT2D eigenvalue weighted by molar-refractivity contribution is 6.13. The topological polar surface area (TPSA) is 24.3 Å². The van der Waals surface area contributed by atoms with Crippen molar-refractivity contribution in [3.63, 3.8) is 0 Å². The second-order valence-corrected chi connectivity index (χ2v) is 18.1. The fourth-order valence-corrected chi connectivity index (χ4v) is 10.3. The number of aryl methyl sites for hydroxylation is 2. The average molecular weight is 911 g/mol. The molecular weight excluding hydrogens is 861 g/mol. The van der Waals surface area contributed by atoms with Crippen LogP contribution in [0.3, 0.4) is 0 Å². The van der Waals surface area contributed by atoms with Crippen molar-refractivity contribution in [2.75, 3.05) is 9.80 Å². The molecule has 0 unspecified atom stereocenters. The van der Waals surface area contributed by atoms with Gasteiger partial charge in [0.05, 0.1) is 16.7 Å². The van der Waals surface area contributed by atoms with Gasteiger partial charge in [-0.1, -0.05) is 158 Å². The standard InChI is InChI=1S/C67H50N4/c1-47-41-53(42-48(2)68-47)49-33-35-50(36-34-49)54-43-61(51-21-9-3-10-22-51)67(62(44-54)52-23-11-4-12-24-52)71-65-39-37-59(69(55-25-13-5-14-26-55)56-27-15-6-16-28-56)45-63(65)64-46-60(38-40-66(64)71)70(57-29-17-7-18-30-57)58-31-19-8-20-32-58/h3-46H,1-2H3. The molecule has 0 spiro atoms. The zero-order chi connectivity index (χ0) is 47.7. The first-order valence-electron chi connectivity index (χ1n) is 24.3. The van der Waals surface area contributed by atoms with Crippen LogP contribution < -0.4 is 9.80 Å². The van der Waals surface area contributed by atoms with Crippen molar-refractivity contribution >= 4 is 55.9 Å². The van der Waals surface area contributed by atoms with E-state index in [0.717, 1.165) is 106 Å². The number of para-hydroxylation sites is 4. The summed E-state index contributed by atoms with van der Waals surface area (Å²) in [6.45, 7) is 4.12. The van der Waals surface area contributed by atoms with Crippen molar-refractivity contribution in [1.82, 2.24) is 9.55 Å². The van der Waals surface area contributed by atoms with E-state index in [4.69, 9.17) is 0 Å². The van der Waals surface area contributed by atoms with Crippen LogP contribution in [0.5, 0.6) is 0 Å². The molecular formula is C67H50N4. The summed E-state index contributed by atoms with van der Waals surface area (Å²) in [5.74, 6) is 0. The van der Waals surface area contributed by atoms with Crippen LogP contribution in [0.15, 0.2) is 267 Å². The summed E-state index contributed by atoms with van der Waals surface area (Å²) in [7, 11) is 0. The summed E-state index contributed by atoms with van der Waals surface area (Å²) in [6, 6.07) is 96.6. The molecule has 4 nitrogen and oxygen atoms in total. The molecule has 0 aliphatic carbocycles. The first-order chi connectivity index (χ1) is 35.0. The van der Waals surface area contributed by atoms with Gasteiger partial charge in [-0.2, -0.15) is 0 Å². The van der Waals surface area contributed by atoms with E-state index in [0.29, 0.717) is 0 Å². The van der Waals surface area contributed by atoms with Crippen molar-refractivity contribution in [2.24, 2.45) is 0 Å². The van der Waals surface area contributed by atoms with E-state index in [1.807, 2.05) is 0 Å². The van der Waals surface area contributed by atoms with Gasteiger partial charge in [-0.3, -0.25) is 4.98 Å². The molecule has 12 rings (SSSR count). The summed E-state index contributed by atoms with van der Waals surface area (Å²) < 4.78 is 2.52. The van der Waals surface area contributed by atoms with Gasteiger partial charge in [0.2, 0.25) is 0 Å². The number of hydrogen-bond acceptors (Lipinski definition) is 3. The molecule has 12 aromatic rings. The smallest absolute Gasteiger partial charge is 0.0619 e. The quantitative estimate of drug-likeness (QED) is 0.129. The van der Waals surface area contributed by atoms with Crippen LogP contribution in [-0.4, -0.2) is 9.55 Å². The summed E-state index contributed by atoms with van der Waals surface area (Å²) in [5.41, 5.74) is 21.1. The largest absolute Gasteiger partial charge is 0.310 e. The predicted molar refractivity (Wildman–Crippen MR) is 299 cm³/mol. The number of hydrogen-bond donors (Lipinski definition) is 0. The second kappa shape index (κ2) is 18.7. The fourth-order valence-electron chi connectivity index (χ4n) is 10.3. The van der Waals surface area contributed by atoms with Gasteiger partial charge in [-0.25, -0.2) is 0 Å². The summed E-state index contributed by atoms with van der Waals surface area (Å²) >= 11 is 0. The van der Waals surface area contributed by atoms with E-state index < -0.39 is 0 Å². The number of benzene rings is 10. The Morgan fingerprint density at radius 1 is 0.282 bits per heavy atom. The summed E-state index contributed by atoms with van der Waals surface area (Å²) in [5, 5.41) is 2.30. The van der Waals surface area contributed by atoms with Crippen LogP contribution in [0.2, 0.25) is 0 Å². The third kappa shape index (κ3) is 8.32. The Hall–Kier alpha value is -9.25. The molecule has 338 valence electrons. The molecule has 0 radical (unpaired) electrons. The number of nitrogens with zero attached hydrogens (tertiary/aromatic N) is 4. The maximum absolute atomic E-state index is 4.64. The van der Waals surface area contributed by atoms with Gasteiger partial charge < -0.3 is 14.4 Å². The third-order valence-electron chi connectivity index (χ3n) is 13.4. The SMILES string of the molecule is Cc1cc(-c2ccc(-c3cc(-c4ccccc4)c(-n4c5ccc(N(c6ccccc6)c6ccccc6)cc5c5cc(N(c6ccccc6)c6ccccc6)ccc54)c(-c4ccccc4)c3)cc2)cc(C)n1. The number of pyridine rings is 1. The van der Waals surface area contributed by atoms with Crippen molar-refractivity contribution in [1.29, 1.82) is 0 Å². The van der Waals surface area contributed by atoms with Crippen LogP contribution in [0.25, 0.3) is 72.0 Å². The molecule has 0 amide bonds. The Balaban J connectivity index is 1.15. The predicted octanol–water partition coefficient (Wildman–Crippen LogP) is 18.4. The molecule has 10 aromatic carbocycles. The Morgan fingerprint density at radius 3 is 0.958 bits per heavy atom.